The van der Waals surface area contributed by atoms with Gasteiger partial charge in [-0.1, -0.05) is 12.1 Å². The van der Waals surface area contributed by atoms with E-state index in [-0.39, 0.29) is 9.90 Å². The van der Waals surface area contributed by atoms with Crippen molar-refractivity contribution in [2.75, 3.05) is 4.72 Å². The van der Waals surface area contributed by atoms with Crippen molar-refractivity contribution < 1.29 is 12.8 Å². The number of anilines is 1. The van der Waals surface area contributed by atoms with Crippen LogP contribution in [0.3, 0.4) is 0 Å². The van der Waals surface area contributed by atoms with Gasteiger partial charge in [0.1, 0.15) is 10.0 Å². The lowest BCUT2D eigenvalue weighted by atomic mass is 10.3. The van der Waals surface area contributed by atoms with Gasteiger partial charge in [-0.2, -0.15) is 0 Å². The molecule has 0 fully saturated rings. The van der Waals surface area contributed by atoms with Gasteiger partial charge in [0, 0.05) is 4.88 Å². The van der Waals surface area contributed by atoms with E-state index in [2.05, 4.69) is 4.72 Å². The predicted octanol–water partition coefficient (Wildman–Crippen LogP) is 3.00. The van der Waals surface area contributed by atoms with Gasteiger partial charge in [-0.25, -0.2) is 12.8 Å². The van der Waals surface area contributed by atoms with Gasteiger partial charge in [0.2, 0.25) is 0 Å². The molecule has 17 heavy (non-hydrogen) atoms. The Morgan fingerprint density at radius 1 is 1.18 bits per heavy atom. The summed E-state index contributed by atoms with van der Waals surface area (Å²) in [5.74, 6) is -0.593. The van der Waals surface area contributed by atoms with E-state index in [4.69, 9.17) is 0 Å². The molecule has 1 aromatic carbocycles. The van der Waals surface area contributed by atoms with Crippen molar-refractivity contribution in [2.24, 2.45) is 0 Å². The number of halogens is 1. The number of thiophene rings is 1. The van der Waals surface area contributed by atoms with Crippen LogP contribution in [-0.2, 0) is 10.0 Å². The third kappa shape index (κ3) is 2.65. The van der Waals surface area contributed by atoms with Crippen molar-refractivity contribution in [3.8, 4) is 0 Å². The number of para-hydroxylation sites is 1. The fourth-order valence-electron chi connectivity index (χ4n) is 1.30. The average molecular weight is 271 g/mol. The highest BCUT2D eigenvalue weighted by Gasteiger charge is 2.17. The lowest BCUT2D eigenvalue weighted by Crippen LogP contribution is -2.12. The molecule has 3 nitrogen and oxygen atoms in total. The molecule has 0 atom stereocenters. The zero-order valence-electron chi connectivity index (χ0n) is 8.98. The molecule has 90 valence electrons. The molecule has 0 saturated heterocycles. The van der Waals surface area contributed by atoms with Crippen LogP contribution in [0.5, 0.6) is 0 Å². The van der Waals surface area contributed by atoms with Crippen LogP contribution in [0.15, 0.2) is 40.6 Å². The molecule has 0 saturated carbocycles. The number of aryl methyl sites for hydroxylation is 1. The van der Waals surface area contributed by atoms with Crippen LogP contribution in [0.4, 0.5) is 10.1 Å². The van der Waals surface area contributed by atoms with Crippen LogP contribution in [0, 0.1) is 12.7 Å². The summed E-state index contributed by atoms with van der Waals surface area (Å²) >= 11 is 1.15. The number of nitrogens with one attached hydrogen (secondary N) is 1. The van der Waals surface area contributed by atoms with E-state index in [9.17, 15) is 12.8 Å². The van der Waals surface area contributed by atoms with Crippen LogP contribution < -0.4 is 4.72 Å². The summed E-state index contributed by atoms with van der Waals surface area (Å²) in [6.07, 6.45) is 0. The topological polar surface area (TPSA) is 46.2 Å². The third-order valence-electron chi connectivity index (χ3n) is 2.10. The van der Waals surface area contributed by atoms with Crippen molar-refractivity contribution in [2.45, 2.75) is 11.1 Å². The molecule has 2 rings (SSSR count). The summed E-state index contributed by atoms with van der Waals surface area (Å²) < 4.78 is 39.5. The highest BCUT2D eigenvalue weighted by molar-refractivity contribution is 7.94. The fraction of sp³-hybridized carbons (Fsp3) is 0.0909. The van der Waals surface area contributed by atoms with Gasteiger partial charge >= 0.3 is 0 Å². The van der Waals surface area contributed by atoms with E-state index in [1.807, 2.05) is 6.92 Å². The molecule has 2 aromatic rings. The van der Waals surface area contributed by atoms with Gasteiger partial charge in [0.05, 0.1) is 5.69 Å². The second-order valence-corrected chi connectivity index (χ2v) is 6.65. The number of rotatable bonds is 3. The van der Waals surface area contributed by atoms with E-state index < -0.39 is 15.8 Å². The SMILES string of the molecule is Cc1ccc(S(=O)(=O)Nc2ccccc2F)s1. The van der Waals surface area contributed by atoms with E-state index in [0.717, 1.165) is 16.2 Å². The van der Waals surface area contributed by atoms with Gasteiger partial charge < -0.3 is 0 Å². The maximum atomic E-state index is 13.3. The monoisotopic (exact) mass is 271 g/mol. The van der Waals surface area contributed by atoms with Crippen LogP contribution in [0.25, 0.3) is 0 Å². The Hall–Kier alpha value is -1.40. The largest absolute Gasteiger partial charge is 0.276 e. The van der Waals surface area contributed by atoms with Crippen molar-refractivity contribution in [3.05, 3.63) is 47.1 Å². The van der Waals surface area contributed by atoms with Crippen LogP contribution in [0.1, 0.15) is 4.88 Å². The summed E-state index contributed by atoms with van der Waals surface area (Å²) in [6, 6.07) is 8.87. The summed E-state index contributed by atoms with van der Waals surface area (Å²) in [5.41, 5.74) is -0.0430. The summed E-state index contributed by atoms with van der Waals surface area (Å²) in [6.45, 7) is 1.81. The second kappa shape index (κ2) is 4.46. The zero-order chi connectivity index (χ0) is 12.5. The van der Waals surface area contributed by atoms with E-state index in [1.54, 1.807) is 12.1 Å². The van der Waals surface area contributed by atoms with Crippen molar-refractivity contribution >= 4 is 27.0 Å². The summed E-state index contributed by atoms with van der Waals surface area (Å²) in [4.78, 5) is 0.888. The first kappa shape index (κ1) is 12.1. The highest BCUT2D eigenvalue weighted by atomic mass is 32.2. The number of hydrogen-bond donors (Lipinski definition) is 1. The molecular weight excluding hydrogens is 261 g/mol. The maximum absolute atomic E-state index is 13.3. The Labute approximate surface area is 103 Å². The highest BCUT2D eigenvalue weighted by Crippen LogP contribution is 2.24. The quantitative estimate of drug-likeness (QED) is 0.932. The number of hydrogen-bond acceptors (Lipinski definition) is 3. The molecule has 0 spiro atoms. The lowest BCUT2D eigenvalue weighted by molar-refractivity contribution is 0.600. The average Bonchev–Trinajstić information content (AvgIpc) is 2.69. The van der Waals surface area contributed by atoms with Gasteiger partial charge in [-0.3, -0.25) is 4.72 Å². The molecule has 6 heteroatoms. The molecular formula is C11H10FNO2S2. The first-order valence-electron chi connectivity index (χ1n) is 4.83. The van der Waals surface area contributed by atoms with E-state index >= 15 is 0 Å². The van der Waals surface area contributed by atoms with Crippen LogP contribution >= 0.6 is 11.3 Å². The van der Waals surface area contributed by atoms with Gasteiger partial charge in [-0.15, -0.1) is 11.3 Å². The van der Waals surface area contributed by atoms with Crippen molar-refractivity contribution in [3.63, 3.8) is 0 Å². The van der Waals surface area contributed by atoms with E-state index in [1.165, 1.54) is 24.3 Å². The minimum atomic E-state index is -3.69. The Morgan fingerprint density at radius 3 is 2.47 bits per heavy atom. The zero-order valence-corrected chi connectivity index (χ0v) is 10.6. The second-order valence-electron chi connectivity index (χ2n) is 3.45. The van der Waals surface area contributed by atoms with Crippen molar-refractivity contribution in [1.82, 2.24) is 0 Å². The van der Waals surface area contributed by atoms with Gasteiger partial charge in [0.15, 0.2) is 0 Å². The molecule has 0 bridgehead atoms. The molecule has 0 aliphatic rings. The number of benzene rings is 1. The van der Waals surface area contributed by atoms with Crippen molar-refractivity contribution in [1.29, 1.82) is 0 Å². The van der Waals surface area contributed by atoms with Crippen LogP contribution in [-0.4, -0.2) is 8.42 Å². The molecule has 0 unspecified atom stereocenters. The predicted molar refractivity (Wildman–Crippen MR) is 66.3 cm³/mol. The minimum absolute atomic E-state index is 0.0430. The molecule has 0 aliphatic heterocycles. The molecule has 1 N–H and O–H groups in total. The number of sulfonamides is 1. The smallest absolute Gasteiger partial charge is 0.271 e. The Bertz CT molecular complexity index is 634. The van der Waals surface area contributed by atoms with E-state index in [0.29, 0.717) is 0 Å². The van der Waals surface area contributed by atoms with Crippen LogP contribution in [0.2, 0.25) is 0 Å². The van der Waals surface area contributed by atoms with Gasteiger partial charge in [0.25, 0.3) is 10.0 Å². The fourth-order valence-corrected chi connectivity index (χ4v) is 3.65. The molecule has 0 radical (unpaired) electrons. The first-order valence-corrected chi connectivity index (χ1v) is 7.13. The maximum Gasteiger partial charge on any atom is 0.271 e. The lowest BCUT2D eigenvalue weighted by Gasteiger charge is -2.06. The molecule has 1 aromatic heterocycles. The Balaban J connectivity index is 2.33. The normalized spacial score (nSPS) is 11.4. The third-order valence-corrected chi connectivity index (χ3v) is 4.96. The molecule has 1 heterocycles. The minimum Gasteiger partial charge on any atom is -0.276 e. The Kier molecular flexibility index (Phi) is 3.17. The molecule has 0 aliphatic carbocycles. The first-order chi connectivity index (χ1) is 7.99. The summed E-state index contributed by atoms with van der Waals surface area (Å²) in [5, 5.41) is 0. The summed E-state index contributed by atoms with van der Waals surface area (Å²) in [7, 11) is -3.69. The van der Waals surface area contributed by atoms with Gasteiger partial charge in [-0.05, 0) is 31.2 Å². The standard InChI is InChI=1S/C11H10FNO2S2/c1-8-6-7-11(16-8)17(14,15)13-10-5-3-2-4-9(10)12/h2-7,13H,1H3. The Morgan fingerprint density at radius 2 is 1.88 bits per heavy atom. The molecule has 0 amide bonds.